The zero-order chi connectivity index (χ0) is 25.3. The van der Waals surface area contributed by atoms with Crippen LogP contribution in [0.25, 0.3) is 0 Å². The van der Waals surface area contributed by atoms with Gasteiger partial charge in [0.05, 0.1) is 19.1 Å². The molecule has 2 aliphatic heterocycles. The lowest BCUT2D eigenvalue weighted by Gasteiger charge is -2.42. The number of nitrogens with one attached hydrogen (secondary N) is 2. The Kier molecular flexibility index (Phi) is 10.4. The van der Waals surface area contributed by atoms with Crippen molar-refractivity contribution in [2.24, 2.45) is 11.3 Å². The van der Waals surface area contributed by atoms with Crippen molar-refractivity contribution in [1.29, 1.82) is 0 Å². The van der Waals surface area contributed by atoms with Gasteiger partial charge in [0.1, 0.15) is 11.8 Å². The van der Waals surface area contributed by atoms with Gasteiger partial charge in [0, 0.05) is 24.8 Å². The van der Waals surface area contributed by atoms with Gasteiger partial charge in [-0.2, -0.15) is 0 Å². The standard InChI is InChI=1S/C28H45N3O4/c1-21(2)18-24-26(32)29-22(3)20-35-17-9-5-8-12-28(27(33)30-24)13-15-31(16-14-28)19-23-10-6-7-11-25(23)34-4/h6-7,10-11,21-22,24H,5,8-9,12-20H2,1-4H3,(H,29,32)(H,30,33)/t22-,24+/m1/s1. The number of methoxy groups -OCH3 is 1. The summed E-state index contributed by atoms with van der Waals surface area (Å²) in [7, 11) is 1.71. The number of benzene rings is 1. The second-order valence-corrected chi connectivity index (χ2v) is 10.8. The van der Waals surface area contributed by atoms with E-state index in [1.54, 1.807) is 7.11 Å². The largest absolute Gasteiger partial charge is 0.496 e. The molecular formula is C28H45N3O4. The molecule has 0 saturated carbocycles. The van der Waals surface area contributed by atoms with Gasteiger partial charge in [-0.15, -0.1) is 0 Å². The highest BCUT2D eigenvalue weighted by molar-refractivity contribution is 5.90. The van der Waals surface area contributed by atoms with Crippen molar-refractivity contribution in [2.45, 2.75) is 84.3 Å². The second kappa shape index (κ2) is 13.3. The molecule has 3 rings (SSSR count). The minimum Gasteiger partial charge on any atom is -0.496 e. The number of hydrogen-bond donors (Lipinski definition) is 2. The van der Waals surface area contributed by atoms with Crippen LogP contribution in [0, 0.1) is 11.3 Å². The molecule has 35 heavy (non-hydrogen) atoms. The van der Waals surface area contributed by atoms with Crippen LogP contribution >= 0.6 is 0 Å². The van der Waals surface area contributed by atoms with E-state index in [0.29, 0.717) is 25.6 Å². The van der Waals surface area contributed by atoms with Gasteiger partial charge in [-0.1, -0.05) is 44.9 Å². The number of amides is 2. The lowest BCUT2D eigenvalue weighted by molar-refractivity contribution is -0.139. The fourth-order valence-electron chi connectivity index (χ4n) is 5.31. The third-order valence-electron chi connectivity index (χ3n) is 7.41. The highest BCUT2D eigenvalue weighted by Gasteiger charge is 2.42. The highest BCUT2D eigenvalue weighted by atomic mass is 16.5. The molecule has 0 radical (unpaired) electrons. The molecule has 2 fully saturated rings. The van der Waals surface area contributed by atoms with E-state index < -0.39 is 11.5 Å². The van der Waals surface area contributed by atoms with Gasteiger partial charge < -0.3 is 20.1 Å². The number of rotatable bonds is 5. The van der Waals surface area contributed by atoms with E-state index in [9.17, 15) is 9.59 Å². The minimum absolute atomic E-state index is 0.0520. The van der Waals surface area contributed by atoms with Crippen molar-refractivity contribution in [3.8, 4) is 5.75 Å². The fourth-order valence-corrected chi connectivity index (χ4v) is 5.31. The molecule has 2 saturated heterocycles. The summed E-state index contributed by atoms with van der Waals surface area (Å²) >= 11 is 0. The highest BCUT2D eigenvalue weighted by Crippen LogP contribution is 2.38. The number of carbonyl (C=O) groups excluding carboxylic acids is 2. The molecule has 2 atom stereocenters. The molecular weight excluding hydrogens is 442 g/mol. The third kappa shape index (κ3) is 7.94. The van der Waals surface area contributed by atoms with Gasteiger partial charge in [-0.25, -0.2) is 0 Å². The van der Waals surface area contributed by atoms with Gasteiger partial charge >= 0.3 is 0 Å². The molecule has 1 aromatic carbocycles. The van der Waals surface area contributed by atoms with Crippen LogP contribution in [0.5, 0.6) is 5.75 Å². The van der Waals surface area contributed by atoms with Crippen molar-refractivity contribution in [3.05, 3.63) is 29.8 Å². The van der Waals surface area contributed by atoms with Crippen LogP contribution in [0.2, 0.25) is 0 Å². The van der Waals surface area contributed by atoms with Gasteiger partial charge in [0.25, 0.3) is 0 Å². The summed E-state index contributed by atoms with van der Waals surface area (Å²) < 4.78 is 11.3. The Morgan fingerprint density at radius 2 is 1.83 bits per heavy atom. The van der Waals surface area contributed by atoms with Crippen molar-refractivity contribution >= 4 is 11.8 Å². The number of hydrogen-bond acceptors (Lipinski definition) is 5. The van der Waals surface area contributed by atoms with Gasteiger partial charge in [0.2, 0.25) is 11.8 Å². The van der Waals surface area contributed by atoms with Gasteiger partial charge in [-0.3, -0.25) is 14.5 Å². The van der Waals surface area contributed by atoms with Gasteiger partial charge in [0.15, 0.2) is 0 Å². The maximum atomic E-state index is 13.8. The van der Waals surface area contributed by atoms with Crippen LogP contribution in [0.15, 0.2) is 24.3 Å². The number of ether oxygens (including phenoxy) is 2. The third-order valence-corrected chi connectivity index (χ3v) is 7.41. The summed E-state index contributed by atoms with van der Waals surface area (Å²) in [5, 5.41) is 6.23. The first-order valence-electron chi connectivity index (χ1n) is 13.4. The molecule has 2 aliphatic rings. The Bertz CT molecular complexity index is 820. The number of carbonyl (C=O) groups is 2. The molecule has 7 heteroatoms. The minimum atomic E-state index is -0.517. The molecule has 1 aromatic rings. The maximum absolute atomic E-state index is 13.8. The van der Waals surface area contributed by atoms with Crippen LogP contribution in [0.4, 0.5) is 0 Å². The van der Waals surface area contributed by atoms with E-state index >= 15 is 0 Å². The van der Waals surface area contributed by atoms with Gasteiger partial charge in [-0.05, 0) is 64.1 Å². The topological polar surface area (TPSA) is 79.9 Å². The molecule has 7 nitrogen and oxygen atoms in total. The SMILES string of the molecule is COc1ccccc1CN1CCC2(CCCCCOC[C@@H](C)NC(=O)[C@H](CC(C)C)NC2=O)CC1. The predicted octanol–water partition coefficient (Wildman–Crippen LogP) is 3.90. The van der Waals surface area contributed by atoms with E-state index in [0.717, 1.165) is 63.9 Å². The summed E-state index contributed by atoms with van der Waals surface area (Å²) in [6, 6.07) is 7.54. The second-order valence-electron chi connectivity index (χ2n) is 10.8. The zero-order valence-electron chi connectivity index (χ0n) is 22.1. The molecule has 0 bridgehead atoms. The monoisotopic (exact) mass is 487 g/mol. The smallest absolute Gasteiger partial charge is 0.242 e. The Hall–Kier alpha value is -2.12. The summed E-state index contributed by atoms with van der Waals surface area (Å²) in [5.74, 6) is 1.15. The number of para-hydroxylation sites is 1. The predicted molar refractivity (Wildman–Crippen MR) is 138 cm³/mol. The Morgan fingerprint density at radius 3 is 2.54 bits per heavy atom. The van der Waals surface area contributed by atoms with Crippen LogP contribution in [-0.4, -0.2) is 62.2 Å². The first kappa shape index (κ1) is 27.5. The van der Waals surface area contributed by atoms with Crippen molar-refractivity contribution in [3.63, 3.8) is 0 Å². The van der Waals surface area contributed by atoms with E-state index in [2.05, 4.69) is 35.4 Å². The maximum Gasteiger partial charge on any atom is 0.242 e. The molecule has 1 spiro atoms. The average Bonchev–Trinajstić information content (AvgIpc) is 2.83. The van der Waals surface area contributed by atoms with Crippen LogP contribution in [0.3, 0.4) is 0 Å². The lowest BCUT2D eigenvalue weighted by atomic mass is 9.73. The number of piperidine rings is 1. The normalized spacial score (nSPS) is 25.1. The first-order valence-corrected chi connectivity index (χ1v) is 13.4. The van der Waals surface area contributed by atoms with Crippen molar-refractivity contribution in [2.75, 3.05) is 33.4 Å². The van der Waals surface area contributed by atoms with E-state index in [-0.39, 0.29) is 17.9 Å². The van der Waals surface area contributed by atoms with Crippen molar-refractivity contribution < 1.29 is 19.1 Å². The summed E-state index contributed by atoms with van der Waals surface area (Å²) in [4.78, 5) is 29.3. The Balaban J connectivity index is 1.72. The van der Waals surface area contributed by atoms with Crippen LogP contribution in [0.1, 0.15) is 71.3 Å². The number of likely N-dealkylation sites (tertiary alicyclic amines) is 1. The number of nitrogens with zero attached hydrogens (tertiary/aromatic N) is 1. The Morgan fingerprint density at radius 1 is 1.09 bits per heavy atom. The fraction of sp³-hybridized carbons (Fsp3) is 0.714. The van der Waals surface area contributed by atoms with E-state index in [4.69, 9.17) is 9.47 Å². The van der Waals surface area contributed by atoms with Crippen molar-refractivity contribution in [1.82, 2.24) is 15.5 Å². The molecule has 2 N–H and O–H groups in total. The summed E-state index contributed by atoms with van der Waals surface area (Å²) in [6.45, 7) is 9.85. The lowest BCUT2D eigenvalue weighted by Crippen LogP contribution is -2.56. The first-order chi connectivity index (χ1) is 16.8. The zero-order valence-corrected chi connectivity index (χ0v) is 22.1. The summed E-state index contributed by atoms with van der Waals surface area (Å²) in [5.41, 5.74) is 0.743. The quantitative estimate of drug-likeness (QED) is 0.658. The Labute approximate surface area is 211 Å². The molecule has 2 amide bonds. The van der Waals surface area contributed by atoms with Crippen LogP contribution in [-0.2, 0) is 20.9 Å². The molecule has 0 aliphatic carbocycles. The molecule has 2 heterocycles. The van der Waals surface area contributed by atoms with E-state index in [1.165, 1.54) is 5.56 Å². The van der Waals surface area contributed by atoms with Crippen LogP contribution < -0.4 is 15.4 Å². The molecule has 0 unspecified atom stereocenters. The molecule has 0 aromatic heterocycles. The summed E-state index contributed by atoms with van der Waals surface area (Å²) in [6.07, 6.45) is 6.12. The molecule has 196 valence electrons. The van der Waals surface area contributed by atoms with E-state index in [1.807, 2.05) is 25.1 Å². The average molecular weight is 488 g/mol.